The minimum absolute atomic E-state index is 0.0594. The minimum atomic E-state index is -1.39. The number of amides is 2. The van der Waals surface area contributed by atoms with Gasteiger partial charge in [-0.15, -0.1) is 0 Å². The molecule has 5 aliphatic rings. The number of imide groups is 1. The third kappa shape index (κ3) is 4.99. The van der Waals surface area contributed by atoms with Gasteiger partial charge in [0.15, 0.2) is 11.6 Å². The van der Waals surface area contributed by atoms with E-state index in [-0.39, 0.29) is 35.6 Å². The Bertz CT molecular complexity index is 2200. The Hall–Kier alpha value is -5.60. The molecule has 266 valence electrons. The maximum Gasteiger partial charge on any atom is 0.238 e. The number of hydrogen-bond acceptors (Lipinski definition) is 7. The fourth-order valence-electron chi connectivity index (χ4n) is 10.0. The van der Waals surface area contributed by atoms with Gasteiger partial charge in [-0.2, -0.15) is 0 Å². The van der Waals surface area contributed by atoms with Crippen molar-refractivity contribution >= 4 is 40.3 Å². The molecule has 9 rings (SSSR count). The zero-order valence-corrected chi connectivity index (χ0v) is 29.5. The number of aryl methyl sites for hydroxylation is 1. The SMILES string of the molecule is Cc1cccc([C@H]2C3=CC[C@@H]4C(=O)N(c5ccc(N6CCOCC6)cc5)C(=O)[C@@H]4[C@@H]3C[C@H]3C(=O)C(c4ccccc4)=CC(=O)[C@@]23c2ccccc2)c1O. The van der Waals surface area contributed by atoms with Crippen molar-refractivity contribution in [2.24, 2.45) is 23.7 Å². The number of nitrogens with zero attached hydrogens (tertiary/aromatic N) is 2. The van der Waals surface area contributed by atoms with Crippen LogP contribution in [0.1, 0.15) is 41.0 Å². The van der Waals surface area contributed by atoms with E-state index in [1.54, 1.807) is 0 Å². The van der Waals surface area contributed by atoms with Gasteiger partial charge in [-0.05, 0) is 72.7 Å². The number of Topliss-reactive ketones (excluding diaryl/α,β-unsaturated/α-hetero) is 1. The summed E-state index contributed by atoms with van der Waals surface area (Å²) < 4.78 is 5.50. The Morgan fingerprint density at radius 3 is 2.15 bits per heavy atom. The number of allylic oxidation sites excluding steroid dienone is 4. The molecule has 2 heterocycles. The lowest BCUT2D eigenvalue weighted by Gasteiger charge is -2.55. The lowest BCUT2D eigenvalue weighted by atomic mass is 9.44. The summed E-state index contributed by atoms with van der Waals surface area (Å²) in [5.41, 5.74) is 3.84. The molecule has 2 aliphatic heterocycles. The van der Waals surface area contributed by atoms with Crippen molar-refractivity contribution in [3.8, 4) is 5.75 Å². The fourth-order valence-corrected chi connectivity index (χ4v) is 10.0. The highest BCUT2D eigenvalue weighted by atomic mass is 16.5. The Kier molecular flexibility index (Phi) is 8.04. The summed E-state index contributed by atoms with van der Waals surface area (Å²) in [6.45, 7) is 4.66. The molecule has 3 fully saturated rings. The van der Waals surface area contributed by atoms with Gasteiger partial charge in [0, 0.05) is 41.7 Å². The van der Waals surface area contributed by atoms with Crippen LogP contribution in [-0.4, -0.2) is 54.8 Å². The molecule has 0 radical (unpaired) electrons. The van der Waals surface area contributed by atoms with Gasteiger partial charge in [-0.3, -0.25) is 24.1 Å². The molecule has 8 nitrogen and oxygen atoms in total. The first-order valence-corrected chi connectivity index (χ1v) is 18.5. The van der Waals surface area contributed by atoms with Gasteiger partial charge < -0.3 is 14.7 Å². The quantitative estimate of drug-likeness (QED) is 0.185. The first kappa shape index (κ1) is 33.3. The number of anilines is 2. The van der Waals surface area contributed by atoms with Crippen molar-refractivity contribution in [3.63, 3.8) is 0 Å². The molecule has 4 aromatic rings. The normalized spacial score (nSPS) is 28.2. The molecule has 6 atom stereocenters. The number of para-hydroxylation sites is 1. The highest BCUT2D eigenvalue weighted by Crippen LogP contribution is 2.64. The van der Waals surface area contributed by atoms with Crippen LogP contribution in [-0.2, 0) is 29.3 Å². The smallest absolute Gasteiger partial charge is 0.238 e. The second kappa shape index (κ2) is 12.8. The first-order valence-electron chi connectivity index (χ1n) is 18.5. The minimum Gasteiger partial charge on any atom is -0.507 e. The number of ketones is 2. The van der Waals surface area contributed by atoms with Crippen molar-refractivity contribution in [1.82, 2.24) is 0 Å². The summed E-state index contributed by atoms with van der Waals surface area (Å²) in [6.07, 6.45) is 4.06. The van der Waals surface area contributed by atoms with E-state index < -0.39 is 35.0 Å². The Balaban J connectivity index is 1.19. The number of phenols is 1. The summed E-state index contributed by atoms with van der Waals surface area (Å²) in [5.74, 6) is -4.34. The molecule has 0 aromatic heterocycles. The molecule has 0 unspecified atom stereocenters. The standard InChI is InChI=1S/C45H40N2O6/c1-27-9-8-14-34(41(27)49)40-32-19-20-33-39(44(52)47(43(33)51)31-17-15-30(16-18-31)46-21-23-53-24-22-46)36(32)25-37-42(50)35(28-10-4-2-5-11-28)26-38(48)45(37,40)29-12-6-3-7-13-29/h2-19,26,33,36-37,39-40,49H,20-25H2,1H3/t33-,36+,37-,39-,40+,45-/m0/s1. The van der Waals surface area contributed by atoms with Gasteiger partial charge in [0.1, 0.15) is 5.75 Å². The van der Waals surface area contributed by atoms with Gasteiger partial charge in [-0.25, -0.2) is 0 Å². The Morgan fingerprint density at radius 1 is 0.755 bits per heavy atom. The Labute approximate surface area is 308 Å². The second-order valence-electron chi connectivity index (χ2n) is 14.9. The predicted octanol–water partition coefficient (Wildman–Crippen LogP) is 6.57. The molecule has 0 bridgehead atoms. The number of rotatable bonds is 5. The molecule has 1 saturated carbocycles. The topological polar surface area (TPSA) is 104 Å². The number of fused-ring (bicyclic) bond motifs is 4. The van der Waals surface area contributed by atoms with Crippen LogP contribution in [0.5, 0.6) is 5.75 Å². The molecule has 1 N–H and O–H groups in total. The van der Waals surface area contributed by atoms with Crippen molar-refractivity contribution in [2.75, 3.05) is 36.1 Å². The van der Waals surface area contributed by atoms with E-state index in [0.29, 0.717) is 53.1 Å². The monoisotopic (exact) mass is 704 g/mol. The molecule has 8 heteroatoms. The summed E-state index contributed by atoms with van der Waals surface area (Å²) in [7, 11) is 0. The van der Waals surface area contributed by atoms with E-state index in [2.05, 4.69) is 4.90 Å². The summed E-state index contributed by atoms with van der Waals surface area (Å²) in [6, 6.07) is 31.8. The molecule has 4 aromatic carbocycles. The van der Waals surface area contributed by atoms with Gasteiger partial charge in [0.05, 0.1) is 36.2 Å². The number of carbonyl (C=O) groups is 4. The van der Waals surface area contributed by atoms with Gasteiger partial charge in [-0.1, -0.05) is 90.5 Å². The summed E-state index contributed by atoms with van der Waals surface area (Å²) in [5, 5.41) is 11.8. The lowest BCUT2D eigenvalue weighted by Crippen LogP contribution is -2.58. The van der Waals surface area contributed by atoms with E-state index in [1.807, 2.05) is 116 Å². The highest BCUT2D eigenvalue weighted by molar-refractivity contribution is 6.32. The zero-order chi connectivity index (χ0) is 36.4. The molecule has 2 amide bonds. The average molecular weight is 705 g/mol. The van der Waals surface area contributed by atoms with Gasteiger partial charge in [0.2, 0.25) is 11.8 Å². The lowest BCUT2D eigenvalue weighted by molar-refractivity contribution is -0.135. The van der Waals surface area contributed by atoms with Crippen LogP contribution in [0.4, 0.5) is 11.4 Å². The maximum atomic E-state index is 15.2. The first-order chi connectivity index (χ1) is 25.8. The number of phenolic OH excluding ortho intramolecular Hbond substituents is 1. The van der Waals surface area contributed by atoms with Gasteiger partial charge >= 0.3 is 0 Å². The van der Waals surface area contributed by atoms with E-state index >= 15 is 9.59 Å². The van der Waals surface area contributed by atoms with Crippen LogP contribution in [0.3, 0.4) is 0 Å². The third-order valence-corrected chi connectivity index (χ3v) is 12.4. The van der Waals surface area contributed by atoms with E-state index in [4.69, 9.17) is 4.74 Å². The summed E-state index contributed by atoms with van der Waals surface area (Å²) >= 11 is 0. The Morgan fingerprint density at radius 2 is 1.43 bits per heavy atom. The van der Waals surface area contributed by atoms with Crippen LogP contribution < -0.4 is 9.80 Å². The van der Waals surface area contributed by atoms with Crippen molar-refractivity contribution in [1.29, 1.82) is 0 Å². The number of ether oxygens (including phenoxy) is 1. The average Bonchev–Trinajstić information content (AvgIpc) is 3.46. The molecule has 3 aliphatic carbocycles. The van der Waals surface area contributed by atoms with E-state index in [1.165, 1.54) is 11.0 Å². The largest absolute Gasteiger partial charge is 0.507 e. The molecule has 0 spiro atoms. The number of carbonyl (C=O) groups excluding carboxylic acids is 4. The number of benzene rings is 4. The molecule has 2 saturated heterocycles. The van der Waals surface area contributed by atoms with Crippen LogP contribution in [0.15, 0.2) is 121 Å². The third-order valence-electron chi connectivity index (χ3n) is 12.4. The van der Waals surface area contributed by atoms with E-state index in [0.717, 1.165) is 24.4 Å². The van der Waals surface area contributed by atoms with Gasteiger partial charge in [0.25, 0.3) is 0 Å². The van der Waals surface area contributed by atoms with Crippen LogP contribution in [0.25, 0.3) is 5.57 Å². The predicted molar refractivity (Wildman–Crippen MR) is 201 cm³/mol. The maximum absolute atomic E-state index is 15.2. The number of aromatic hydroxyl groups is 1. The molecular formula is C45H40N2O6. The van der Waals surface area contributed by atoms with E-state index in [9.17, 15) is 14.7 Å². The summed E-state index contributed by atoms with van der Waals surface area (Å²) in [4.78, 5) is 62.8. The van der Waals surface area contributed by atoms with Crippen LogP contribution >= 0.6 is 0 Å². The van der Waals surface area contributed by atoms with Crippen molar-refractivity contribution in [3.05, 3.63) is 143 Å². The zero-order valence-electron chi connectivity index (χ0n) is 29.5. The molecule has 53 heavy (non-hydrogen) atoms. The molecular weight excluding hydrogens is 665 g/mol. The number of morpholine rings is 1. The van der Waals surface area contributed by atoms with Crippen molar-refractivity contribution < 1.29 is 29.0 Å². The van der Waals surface area contributed by atoms with Crippen LogP contribution in [0.2, 0.25) is 0 Å². The number of hydrogen-bond donors (Lipinski definition) is 1. The second-order valence-corrected chi connectivity index (χ2v) is 14.9. The van der Waals surface area contributed by atoms with Crippen molar-refractivity contribution in [2.45, 2.75) is 31.1 Å². The fraction of sp³-hybridized carbons (Fsp3) is 0.289. The van der Waals surface area contributed by atoms with Crippen LogP contribution in [0, 0.1) is 30.6 Å². The highest BCUT2D eigenvalue weighted by Gasteiger charge is 2.66.